The van der Waals surface area contributed by atoms with Crippen LogP contribution in [0.15, 0.2) is 18.2 Å². The molecule has 1 rings (SSSR count). The van der Waals surface area contributed by atoms with Crippen LogP contribution in [0.25, 0.3) is 0 Å². The summed E-state index contributed by atoms with van der Waals surface area (Å²) in [5.74, 6) is -1.59. The van der Waals surface area contributed by atoms with Gasteiger partial charge in [-0.3, -0.25) is 0 Å². The molecular formula is C11H15F2NO. The highest BCUT2D eigenvalue weighted by Crippen LogP contribution is 2.24. The summed E-state index contributed by atoms with van der Waals surface area (Å²) in [6.45, 7) is 3.48. The van der Waals surface area contributed by atoms with E-state index in [2.05, 4.69) is 0 Å². The van der Waals surface area contributed by atoms with Crippen molar-refractivity contribution in [1.82, 2.24) is 0 Å². The zero-order chi connectivity index (χ0) is 11.6. The lowest BCUT2D eigenvalue weighted by Crippen LogP contribution is -2.32. The third kappa shape index (κ3) is 2.52. The summed E-state index contributed by atoms with van der Waals surface area (Å²) in [5.41, 5.74) is 5.36. The van der Waals surface area contributed by atoms with Gasteiger partial charge in [0.15, 0.2) is 0 Å². The molecule has 4 heteroatoms. The molecule has 0 aliphatic heterocycles. The van der Waals surface area contributed by atoms with E-state index in [0.717, 1.165) is 12.1 Å². The number of aliphatic hydroxyl groups excluding tert-OH is 1. The molecule has 0 radical (unpaired) electrons. The van der Waals surface area contributed by atoms with E-state index in [1.165, 1.54) is 6.07 Å². The van der Waals surface area contributed by atoms with Crippen LogP contribution in [0.5, 0.6) is 0 Å². The first-order valence-corrected chi connectivity index (χ1v) is 4.82. The molecule has 3 N–H and O–H groups in total. The van der Waals surface area contributed by atoms with Crippen LogP contribution in [-0.4, -0.2) is 11.2 Å². The van der Waals surface area contributed by atoms with Crippen molar-refractivity contribution in [3.63, 3.8) is 0 Å². The topological polar surface area (TPSA) is 46.2 Å². The molecule has 0 saturated heterocycles. The first-order chi connectivity index (χ1) is 6.95. The van der Waals surface area contributed by atoms with Crippen LogP contribution in [0, 0.1) is 17.6 Å². The summed E-state index contributed by atoms with van der Waals surface area (Å²) in [6.07, 6.45) is -0.962. The minimum absolute atomic E-state index is 0.154. The summed E-state index contributed by atoms with van der Waals surface area (Å²) in [7, 11) is 0. The van der Waals surface area contributed by atoms with Gasteiger partial charge in [-0.2, -0.15) is 0 Å². The Bertz CT molecular complexity index is 321. The van der Waals surface area contributed by atoms with Crippen molar-refractivity contribution in [3.8, 4) is 0 Å². The first kappa shape index (κ1) is 12.1. The Morgan fingerprint density at radius 1 is 1.20 bits per heavy atom. The molecule has 0 spiro atoms. The summed E-state index contributed by atoms with van der Waals surface area (Å²) in [6, 6.07) is 2.49. The molecule has 0 aromatic heterocycles. The molecule has 0 amide bonds. The van der Waals surface area contributed by atoms with Gasteiger partial charge in [0, 0.05) is 5.56 Å². The van der Waals surface area contributed by atoms with Gasteiger partial charge in [0.05, 0.1) is 12.1 Å². The normalized spacial score (nSPS) is 15.4. The van der Waals surface area contributed by atoms with E-state index < -0.39 is 23.8 Å². The Kier molecular flexibility index (Phi) is 3.77. The lowest BCUT2D eigenvalue weighted by Gasteiger charge is -2.23. The van der Waals surface area contributed by atoms with Crippen LogP contribution >= 0.6 is 0 Å². The molecular weight excluding hydrogens is 200 g/mol. The Morgan fingerprint density at radius 2 is 1.67 bits per heavy atom. The standard InChI is InChI=1S/C11H15F2NO/c1-6(2)11(15)10(14)9-7(12)4-3-5-8(9)13/h3-6,10-11,15H,14H2,1-2H3/t10-,11+/m0/s1. The fourth-order valence-corrected chi connectivity index (χ4v) is 1.41. The Balaban J connectivity index is 3.05. The van der Waals surface area contributed by atoms with Crippen molar-refractivity contribution in [2.24, 2.45) is 11.7 Å². The van der Waals surface area contributed by atoms with Gasteiger partial charge < -0.3 is 10.8 Å². The van der Waals surface area contributed by atoms with E-state index in [0.29, 0.717) is 0 Å². The van der Waals surface area contributed by atoms with E-state index in [1.54, 1.807) is 13.8 Å². The van der Waals surface area contributed by atoms with Crippen LogP contribution in [0.3, 0.4) is 0 Å². The average molecular weight is 215 g/mol. The largest absolute Gasteiger partial charge is 0.391 e. The van der Waals surface area contributed by atoms with Gasteiger partial charge in [0.1, 0.15) is 11.6 Å². The van der Waals surface area contributed by atoms with Crippen LogP contribution in [-0.2, 0) is 0 Å². The Labute approximate surface area is 87.7 Å². The van der Waals surface area contributed by atoms with Gasteiger partial charge in [-0.15, -0.1) is 0 Å². The third-order valence-corrected chi connectivity index (χ3v) is 2.38. The van der Waals surface area contributed by atoms with E-state index in [1.807, 2.05) is 0 Å². The highest BCUT2D eigenvalue weighted by atomic mass is 19.1. The Hall–Kier alpha value is -1.00. The highest BCUT2D eigenvalue weighted by molar-refractivity contribution is 5.24. The summed E-state index contributed by atoms with van der Waals surface area (Å²) in [4.78, 5) is 0. The van der Waals surface area contributed by atoms with E-state index in [9.17, 15) is 13.9 Å². The highest BCUT2D eigenvalue weighted by Gasteiger charge is 2.25. The second kappa shape index (κ2) is 4.68. The molecule has 0 heterocycles. The van der Waals surface area contributed by atoms with Crippen molar-refractivity contribution in [3.05, 3.63) is 35.4 Å². The number of aliphatic hydroxyl groups is 1. The quantitative estimate of drug-likeness (QED) is 0.809. The molecule has 0 aliphatic carbocycles. The predicted octanol–water partition coefficient (Wildman–Crippen LogP) is 1.98. The maximum atomic E-state index is 13.3. The number of halogens is 2. The zero-order valence-electron chi connectivity index (χ0n) is 8.74. The van der Waals surface area contributed by atoms with Crippen molar-refractivity contribution in [2.45, 2.75) is 26.0 Å². The van der Waals surface area contributed by atoms with Crippen LogP contribution in [0.4, 0.5) is 8.78 Å². The molecule has 2 nitrogen and oxygen atoms in total. The number of nitrogens with two attached hydrogens (primary N) is 1. The van der Waals surface area contributed by atoms with Gasteiger partial charge in [0.2, 0.25) is 0 Å². The SMILES string of the molecule is CC(C)[C@@H](O)[C@@H](N)c1c(F)cccc1F. The fraction of sp³-hybridized carbons (Fsp3) is 0.455. The summed E-state index contributed by atoms with van der Waals surface area (Å²) < 4.78 is 26.6. The van der Waals surface area contributed by atoms with Gasteiger partial charge in [0.25, 0.3) is 0 Å². The minimum atomic E-state index is -1.04. The van der Waals surface area contributed by atoms with Crippen LogP contribution in [0.2, 0.25) is 0 Å². The first-order valence-electron chi connectivity index (χ1n) is 4.82. The molecule has 0 saturated carbocycles. The van der Waals surface area contributed by atoms with Crippen LogP contribution < -0.4 is 5.73 Å². The van der Waals surface area contributed by atoms with Gasteiger partial charge in [-0.05, 0) is 18.1 Å². The van der Waals surface area contributed by atoms with Crippen LogP contribution in [0.1, 0.15) is 25.5 Å². The number of rotatable bonds is 3. The summed E-state index contributed by atoms with van der Waals surface area (Å²) in [5, 5.41) is 9.64. The summed E-state index contributed by atoms with van der Waals surface area (Å²) >= 11 is 0. The molecule has 0 aliphatic rings. The molecule has 84 valence electrons. The number of hydrogen-bond donors (Lipinski definition) is 2. The molecule has 1 aromatic carbocycles. The van der Waals surface area contributed by atoms with Gasteiger partial charge in [-0.1, -0.05) is 19.9 Å². The van der Waals surface area contributed by atoms with E-state index in [-0.39, 0.29) is 11.5 Å². The molecule has 1 aromatic rings. The van der Waals surface area contributed by atoms with Crippen molar-refractivity contribution < 1.29 is 13.9 Å². The van der Waals surface area contributed by atoms with Gasteiger partial charge >= 0.3 is 0 Å². The fourth-order valence-electron chi connectivity index (χ4n) is 1.41. The predicted molar refractivity (Wildman–Crippen MR) is 54.1 cm³/mol. The number of hydrogen-bond acceptors (Lipinski definition) is 2. The lowest BCUT2D eigenvalue weighted by atomic mass is 9.94. The maximum absolute atomic E-state index is 13.3. The van der Waals surface area contributed by atoms with Crippen molar-refractivity contribution in [1.29, 1.82) is 0 Å². The van der Waals surface area contributed by atoms with Crippen molar-refractivity contribution >= 4 is 0 Å². The Morgan fingerprint density at radius 3 is 2.07 bits per heavy atom. The second-order valence-corrected chi connectivity index (χ2v) is 3.90. The number of benzene rings is 1. The maximum Gasteiger partial charge on any atom is 0.131 e. The van der Waals surface area contributed by atoms with E-state index in [4.69, 9.17) is 5.73 Å². The molecule has 2 atom stereocenters. The lowest BCUT2D eigenvalue weighted by molar-refractivity contribution is 0.0952. The monoisotopic (exact) mass is 215 g/mol. The molecule has 15 heavy (non-hydrogen) atoms. The molecule has 0 bridgehead atoms. The third-order valence-electron chi connectivity index (χ3n) is 2.38. The molecule has 0 fully saturated rings. The second-order valence-electron chi connectivity index (χ2n) is 3.90. The smallest absolute Gasteiger partial charge is 0.131 e. The average Bonchev–Trinajstić information content (AvgIpc) is 2.15. The molecule has 0 unspecified atom stereocenters. The zero-order valence-corrected chi connectivity index (χ0v) is 8.74. The van der Waals surface area contributed by atoms with E-state index >= 15 is 0 Å². The minimum Gasteiger partial charge on any atom is -0.391 e. The van der Waals surface area contributed by atoms with Crippen molar-refractivity contribution in [2.75, 3.05) is 0 Å². The van der Waals surface area contributed by atoms with Gasteiger partial charge in [-0.25, -0.2) is 8.78 Å².